The third-order valence-corrected chi connectivity index (χ3v) is 2.55. The van der Waals surface area contributed by atoms with Crippen molar-refractivity contribution >= 4 is 11.6 Å². The predicted octanol–water partition coefficient (Wildman–Crippen LogP) is 1.27. The molecule has 0 saturated carbocycles. The third kappa shape index (κ3) is 2.33. The van der Waals surface area contributed by atoms with Crippen LogP contribution in [0.1, 0.15) is 23.3 Å². The van der Waals surface area contributed by atoms with Gasteiger partial charge in [-0.15, -0.1) is 0 Å². The molecule has 1 aromatic rings. The number of hydrogen-bond acceptors (Lipinski definition) is 4. The van der Waals surface area contributed by atoms with Crippen LogP contribution in [-0.4, -0.2) is 24.0 Å². The van der Waals surface area contributed by atoms with E-state index in [1.165, 1.54) is 0 Å². The van der Waals surface area contributed by atoms with Crippen LogP contribution in [0.25, 0.3) is 0 Å². The van der Waals surface area contributed by atoms with Crippen LogP contribution in [0.2, 0.25) is 0 Å². The molecule has 0 aliphatic carbocycles. The summed E-state index contributed by atoms with van der Waals surface area (Å²) in [7, 11) is 0. The van der Waals surface area contributed by atoms with Crippen LogP contribution in [-0.2, 0) is 4.74 Å². The van der Waals surface area contributed by atoms with E-state index in [0.717, 1.165) is 19.4 Å². The number of carbonyl (C=O) groups excluding carboxylic acids is 1. The molecule has 0 amide bonds. The molecule has 0 bridgehead atoms. The number of hydrogen-bond donors (Lipinski definition) is 1. The Morgan fingerprint density at radius 2 is 2.40 bits per heavy atom. The maximum absolute atomic E-state index is 12.0. The van der Waals surface area contributed by atoms with Crippen LogP contribution in [0.15, 0.2) is 18.2 Å². The first-order chi connectivity index (χ1) is 7.27. The summed E-state index contributed by atoms with van der Waals surface area (Å²) in [4.78, 5) is 16.0. The SMILES string of the molecule is Nc1cccc(C(=O)C2CCCOC2)n1. The van der Waals surface area contributed by atoms with Gasteiger partial charge >= 0.3 is 0 Å². The summed E-state index contributed by atoms with van der Waals surface area (Å²) < 4.78 is 5.28. The average molecular weight is 206 g/mol. The van der Waals surface area contributed by atoms with E-state index in [1.807, 2.05) is 0 Å². The Balaban J connectivity index is 2.12. The lowest BCUT2D eigenvalue weighted by Crippen LogP contribution is -2.26. The van der Waals surface area contributed by atoms with Gasteiger partial charge in [0.25, 0.3) is 0 Å². The first-order valence-corrected chi connectivity index (χ1v) is 5.12. The van der Waals surface area contributed by atoms with Crippen molar-refractivity contribution in [1.82, 2.24) is 4.98 Å². The minimum Gasteiger partial charge on any atom is -0.384 e. The topological polar surface area (TPSA) is 65.2 Å². The first-order valence-electron chi connectivity index (χ1n) is 5.12. The van der Waals surface area contributed by atoms with Crippen LogP contribution >= 0.6 is 0 Å². The number of nitrogens with zero attached hydrogens (tertiary/aromatic N) is 1. The molecule has 0 aromatic carbocycles. The maximum Gasteiger partial charge on any atom is 0.186 e. The summed E-state index contributed by atoms with van der Waals surface area (Å²) >= 11 is 0. The second-order valence-corrected chi connectivity index (χ2v) is 3.73. The molecule has 2 N–H and O–H groups in total. The summed E-state index contributed by atoms with van der Waals surface area (Å²) in [5.41, 5.74) is 5.98. The van der Waals surface area contributed by atoms with Gasteiger partial charge in [0.15, 0.2) is 5.78 Å². The molecule has 2 rings (SSSR count). The first kappa shape index (κ1) is 10.1. The number of nitrogens with two attached hydrogens (primary N) is 1. The molecule has 1 aliphatic heterocycles. The molecule has 1 aliphatic rings. The summed E-state index contributed by atoms with van der Waals surface area (Å²) in [6, 6.07) is 5.13. The van der Waals surface area contributed by atoms with Crippen LogP contribution < -0.4 is 5.73 Å². The number of ketones is 1. The van der Waals surface area contributed by atoms with Crippen LogP contribution in [0.3, 0.4) is 0 Å². The van der Waals surface area contributed by atoms with Crippen molar-refractivity contribution in [1.29, 1.82) is 0 Å². The van der Waals surface area contributed by atoms with Gasteiger partial charge in [-0.3, -0.25) is 4.79 Å². The highest BCUT2D eigenvalue weighted by molar-refractivity contribution is 5.96. The van der Waals surface area contributed by atoms with Crippen LogP contribution in [0.5, 0.6) is 0 Å². The maximum atomic E-state index is 12.0. The normalized spacial score (nSPS) is 21.2. The number of Topliss-reactive ketones (excluding diaryl/α,β-unsaturated/α-hetero) is 1. The lowest BCUT2D eigenvalue weighted by atomic mass is 9.95. The average Bonchev–Trinajstić information content (AvgIpc) is 2.29. The zero-order valence-corrected chi connectivity index (χ0v) is 8.48. The van der Waals surface area contributed by atoms with E-state index in [-0.39, 0.29) is 11.7 Å². The molecule has 1 saturated heterocycles. The number of pyridine rings is 1. The predicted molar refractivity (Wildman–Crippen MR) is 56.5 cm³/mol. The molecule has 0 radical (unpaired) electrons. The highest BCUT2D eigenvalue weighted by Gasteiger charge is 2.23. The molecular formula is C11H14N2O2. The summed E-state index contributed by atoms with van der Waals surface area (Å²) in [5, 5.41) is 0. The smallest absolute Gasteiger partial charge is 0.186 e. The van der Waals surface area contributed by atoms with Gasteiger partial charge in [-0.2, -0.15) is 0 Å². The Labute approximate surface area is 88.4 Å². The molecule has 80 valence electrons. The second-order valence-electron chi connectivity index (χ2n) is 3.73. The molecule has 1 unspecified atom stereocenters. The summed E-state index contributed by atoms with van der Waals surface area (Å²) in [6.45, 7) is 1.27. The quantitative estimate of drug-likeness (QED) is 0.740. The molecule has 15 heavy (non-hydrogen) atoms. The monoisotopic (exact) mass is 206 g/mol. The highest BCUT2D eigenvalue weighted by Crippen LogP contribution is 2.18. The van der Waals surface area contributed by atoms with Gasteiger partial charge in [-0.1, -0.05) is 6.07 Å². The highest BCUT2D eigenvalue weighted by atomic mass is 16.5. The lowest BCUT2D eigenvalue weighted by molar-refractivity contribution is 0.0458. The molecule has 1 aromatic heterocycles. The number of aromatic nitrogens is 1. The summed E-state index contributed by atoms with van der Waals surface area (Å²) in [5.74, 6) is 0.382. The Morgan fingerprint density at radius 1 is 1.53 bits per heavy atom. The van der Waals surface area contributed by atoms with E-state index >= 15 is 0 Å². The third-order valence-electron chi connectivity index (χ3n) is 2.55. The van der Waals surface area contributed by atoms with Crippen molar-refractivity contribution in [3.8, 4) is 0 Å². The van der Waals surface area contributed by atoms with Gasteiger partial charge in [0.05, 0.1) is 6.61 Å². The van der Waals surface area contributed by atoms with E-state index in [2.05, 4.69) is 4.98 Å². The lowest BCUT2D eigenvalue weighted by Gasteiger charge is -2.20. The molecule has 4 nitrogen and oxygen atoms in total. The molecule has 4 heteroatoms. The summed E-state index contributed by atoms with van der Waals surface area (Å²) in [6.07, 6.45) is 1.83. The molecular weight excluding hydrogens is 192 g/mol. The van der Waals surface area contributed by atoms with Crippen LogP contribution in [0, 0.1) is 5.92 Å². The van der Waals surface area contributed by atoms with E-state index < -0.39 is 0 Å². The number of rotatable bonds is 2. The van der Waals surface area contributed by atoms with E-state index in [0.29, 0.717) is 18.1 Å². The fourth-order valence-electron chi connectivity index (χ4n) is 1.75. The Bertz CT molecular complexity index is 359. The van der Waals surface area contributed by atoms with Crippen molar-refractivity contribution in [2.75, 3.05) is 18.9 Å². The second kappa shape index (κ2) is 4.40. The van der Waals surface area contributed by atoms with Crippen LogP contribution in [0.4, 0.5) is 5.82 Å². The van der Waals surface area contributed by atoms with Crippen molar-refractivity contribution in [3.05, 3.63) is 23.9 Å². The van der Waals surface area contributed by atoms with Crippen molar-refractivity contribution < 1.29 is 9.53 Å². The van der Waals surface area contributed by atoms with Crippen molar-refractivity contribution in [2.24, 2.45) is 5.92 Å². The minimum absolute atomic E-state index is 0.0435. The van der Waals surface area contributed by atoms with Crippen molar-refractivity contribution in [2.45, 2.75) is 12.8 Å². The zero-order valence-electron chi connectivity index (χ0n) is 8.48. The largest absolute Gasteiger partial charge is 0.384 e. The molecule has 0 spiro atoms. The molecule has 1 atom stereocenters. The van der Waals surface area contributed by atoms with Gasteiger partial charge in [-0.05, 0) is 25.0 Å². The standard InChI is InChI=1S/C11H14N2O2/c12-10-5-1-4-9(13-10)11(14)8-3-2-6-15-7-8/h1,4-5,8H,2-3,6-7H2,(H2,12,13). The molecule has 1 fully saturated rings. The Hall–Kier alpha value is -1.42. The number of ether oxygens (including phenoxy) is 1. The molecule has 2 heterocycles. The minimum atomic E-state index is -0.0481. The number of nitrogen functional groups attached to an aromatic ring is 1. The van der Waals surface area contributed by atoms with Gasteiger partial charge in [-0.25, -0.2) is 4.98 Å². The van der Waals surface area contributed by atoms with Gasteiger partial charge in [0, 0.05) is 12.5 Å². The van der Waals surface area contributed by atoms with Crippen molar-refractivity contribution in [3.63, 3.8) is 0 Å². The van der Waals surface area contributed by atoms with Gasteiger partial charge in [0.1, 0.15) is 11.5 Å². The fraction of sp³-hybridized carbons (Fsp3) is 0.455. The Kier molecular flexibility index (Phi) is 2.97. The number of anilines is 1. The van der Waals surface area contributed by atoms with Gasteiger partial charge in [0.2, 0.25) is 0 Å². The van der Waals surface area contributed by atoms with E-state index in [9.17, 15) is 4.79 Å². The number of carbonyl (C=O) groups is 1. The fourth-order valence-corrected chi connectivity index (χ4v) is 1.75. The zero-order chi connectivity index (χ0) is 10.7. The van der Waals surface area contributed by atoms with E-state index in [4.69, 9.17) is 10.5 Å². The van der Waals surface area contributed by atoms with E-state index in [1.54, 1.807) is 18.2 Å². The van der Waals surface area contributed by atoms with Gasteiger partial charge < -0.3 is 10.5 Å². The Morgan fingerprint density at radius 3 is 3.07 bits per heavy atom.